The Balaban J connectivity index is 1.95. The van der Waals surface area contributed by atoms with Gasteiger partial charge in [-0.3, -0.25) is 4.98 Å². The second-order valence-electron chi connectivity index (χ2n) is 5.93. The highest BCUT2D eigenvalue weighted by Gasteiger charge is 2.27. The number of benzene rings is 1. The fraction of sp³-hybridized carbons (Fsp3) is 0.471. The Morgan fingerprint density at radius 2 is 2.05 bits per heavy atom. The second-order valence-corrected chi connectivity index (χ2v) is 5.93. The zero-order chi connectivity index (χ0) is 13.2. The summed E-state index contributed by atoms with van der Waals surface area (Å²) in [5.41, 5.74) is 0.997. The van der Waals surface area contributed by atoms with Crippen molar-refractivity contribution in [3.63, 3.8) is 0 Å². The molecule has 0 radical (unpaired) electrons. The summed E-state index contributed by atoms with van der Waals surface area (Å²) in [6.07, 6.45) is 8.14. The summed E-state index contributed by atoms with van der Waals surface area (Å²) < 4.78 is 0. The molecule has 0 bridgehead atoms. The van der Waals surface area contributed by atoms with Crippen molar-refractivity contribution in [3.8, 4) is 0 Å². The first-order valence-corrected chi connectivity index (χ1v) is 7.26. The molecular weight excluding hydrogens is 234 g/mol. The minimum atomic E-state index is -0.374. The lowest BCUT2D eigenvalue weighted by atomic mass is 9.77. The summed E-state index contributed by atoms with van der Waals surface area (Å²) in [5.74, 6) is 1.12. The molecule has 1 aliphatic carbocycles. The molecule has 0 saturated heterocycles. The number of hydrogen-bond acceptors (Lipinski definition) is 2. The topological polar surface area (TPSA) is 33.1 Å². The third-order valence-corrected chi connectivity index (χ3v) is 4.44. The molecule has 2 aromatic rings. The third-order valence-electron chi connectivity index (χ3n) is 4.44. The molecule has 3 rings (SSSR count). The maximum Gasteiger partial charge on any atom is 0.0839 e. The molecule has 1 aliphatic rings. The largest absolute Gasteiger partial charge is 0.388 e. The Hall–Kier alpha value is -1.41. The van der Waals surface area contributed by atoms with Gasteiger partial charge in [0.15, 0.2) is 0 Å². The van der Waals surface area contributed by atoms with E-state index in [1.165, 1.54) is 12.8 Å². The summed E-state index contributed by atoms with van der Waals surface area (Å²) in [7, 11) is 0. The van der Waals surface area contributed by atoms with Crippen molar-refractivity contribution in [2.45, 2.75) is 38.7 Å². The SMILES string of the molecule is CC1CCCC(C(O)c2cncc3ccccc23)C1. The molecule has 1 fully saturated rings. The highest BCUT2D eigenvalue weighted by molar-refractivity contribution is 5.84. The molecule has 1 N–H and O–H groups in total. The fourth-order valence-electron chi connectivity index (χ4n) is 3.40. The van der Waals surface area contributed by atoms with Crippen LogP contribution in [0.3, 0.4) is 0 Å². The Bertz CT molecular complexity index is 561. The maximum atomic E-state index is 10.7. The fourth-order valence-corrected chi connectivity index (χ4v) is 3.40. The predicted molar refractivity (Wildman–Crippen MR) is 77.8 cm³/mol. The normalized spacial score (nSPS) is 25.4. The van der Waals surface area contributed by atoms with Crippen LogP contribution in [0, 0.1) is 11.8 Å². The third kappa shape index (κ3) is 2.50. The number of hydrogen-bond donors (Lipinski definition) is 1. The first-order valence-electron chi connectivity index (χ1n) is 7.26. The molecular formula is C17H21NO. The average Bonchev–Trinajstić information content (AvgIpc) is 2.46. The van der Waals surface area contributed by atoms with Crippen molar-refractivity contribution in [1.29, 1.82) is 0 Å². The molecule has 1 heterocycles. The average molecular weight is 255 g/mol. The number of fused-ring (bicyclic) bond motifs is 1. The lowest BCUT2D eigenvalue weighted by Gasteiger charge is -2.31. The summed E-state index contributed by atoms with van der Waals surface area (Å²) in [4.78, 5) is 4.29. The molecule has 3 unspecified atom stereocenters. The summed E-state index contributed by atoms with van der Waals surface area (Å²) in [6, 6.07) is 8.19. The lowest BCUT2D eigenvalue weighted by molar-refractivity contribution is 0.0723. The number of pyridine rings is 1. The zero-order valence-corrected chi connectivity index (χ0v) is 11.4. The van der Waals surface area contributed by atoms with Gasteiger partial charge >= 0.3 is 0 Å². The van der Waals surface area contributed by atoms with Gasteiger partial charge in [-0.2, -0.15) is 0 Å². The van der Waals surface area contributed by atoms with Crippen molar-refractivity contribution in [3.05, 3.63) is 42.2 Å². The molecule has 1 saturated carbocycles. The van der Waals surface area contributed by atoms with Crippen molar-refractivity contribution in [2.75, 3.05) is 0 Å². The summed E-state index contributed by atoms with van der Waals surface area (Å²) in [6.45, 7) is 2.29. The Labute approximate surface area is 114 Å². The molecule has 1 aromatic carbocycles. The number of nitrogens with zero attached hydrogens (tertiary/aromatic N) is 1. The van der Waals surface area contributed by atoms with E-state index < -0.39 is 0 Å². The lowest BCUT2D eigenvalue weighted by Crippen LogP contribution is -2.20. The molecule has 0 amide bonds. The van der Waals surface area contributed by atoms with Crippen molar-refractivity contribution < 1.29 is 5.11 Å². The minimum Gasteiger partial charge on any atom is -0.388 e. The van der Waals surface area contributed by atoms with E-state index in [-0.39, 0.29) is 6.10 Å². The van der Waals surface area contributed by atoms with Crippen LogP contribution in [0.2, 0.25) is 0 Å². The van der Waals surface area contributed by atoms with Crippen LogP contribution in [0.15, 0.2) is 36.7 Å². The molecule has 19 heavy (non-hydrogen) atoms. The Kier molecular flexibility index (Phi) is 3.52. The van der Waals surface area contributed by atoms with Crippen LogP contribution in [0.1, 0.15) is 44.3 Å². The Morgan fingerprint density at radius 1 is 1.21 bits per heavy atom. The first kappa shape index (κ1) is 12.6. The Morgan fingerprint density at radius 3 is 2.89 bits per heavy atom. The highest BCUT2D eigenvalue weighted by Crippen LogP contribution is 2.38. The standard InChI is InChI=1S/C17H21NO/c1-12-5-4-7-13(9-12)17(19)16-11-18-10-14-6-2-3-8-15(14)16/h2-3,6,8,10-13,17,19H,4-5,7,9H2,1H3. The van der Waals surface area contributed by atoms with E-state index in [9.17, 15) is 5.11 Å². The predicted octanol–water partition coefficient (Wildman–Crippen LogP) is 4.09. The quantitative estimate of drug-likeness (QED) is 0.876. The van der Waals surface area contributed by atoms with Gasteiger partial charge in [0.05, 0.1) is 6.10 Å². The van der Waals surface area contributed by atoms with Crippen LogP contribution < -0.4 is 0 Å². The van der Waals surface area contributed by atoms with E-state index in [1.54, 1.807) is 0 Å². The van der Waals surface area contributed by atoms with Gasteiger partial charge < -0.3 is 5.11 Å². The highest BCUT2D eigenvalue weighted by atomic mass is 16.3. The van der Waals surface area contributed by atoms with Gasteiger partial charge in [-0.15, -0.1) is 0 Å². The number of aromatic nitrogens is 1. The van der Waals surface area contributed by atoms with Gasteiger partial charge in [0, 0.05) is 23.3 Å². The zero-order valence-electron chi connectivity index (χ0n) is 11.4. The van der Waals surface area contributed by atoms with E-state index in [0.29, 0.717) is 5.92 Å². The molecule has 1 aromatic heterocycles. The van der Waals surface area contributed by atoms with Crippen molar-refractivity contribution in [1.82, 2.24) is 4.98 Å². The number of aliphatic hydroxyl groups is 1. The van der Waals surface area contributed by atoms with E-state index in [0.717, 1.165) is 35.1 Å². The molecule has 0 aliphatic heterocycles. The van der Waals surface area contributed by atoms with E-state index >= 15 is 0 Å². The van der Waals surface area contributed by atoms with Crippen molar-refractivity contribution in [2.24, 2.45) is 11.8 Å². The molecule has 100 valence electrons. The van der Waals surface area contributed by atoms with Gasteiger partial charge in [0.25, 0.3) is 0 Å². The van der Waals surface area contributed by atoms with Crippen LogP contribution in [0.5, 0.6) is 0 Å². The van der Waals surface area contributed by atoms with E-state index in [1.807, 2.05) is 24.5 Å². The monoisotopic (exact) mass is 255 g/mol. The van der Waals surface area contributed by atoms with Crippen LogP contribution >= 0.6 is 0 Å². The summed E-state index contributed by atoms with van der Waals surface area (Å²) >= 11 is 0. The number of aliphatic hydroxyl groups excluding tert-OH is 1. The molecule has 2 heteroatoms. The molecule has 3 atom stereocenters. The number of rotatable bonds is 2. The van der Waals surface area contributed by atoms with Crippen LogP contribution in [-0.2, 0) is 0 Å². The van der Waals surface area contributed by atoms with Crippen LogP contribution in [-0.4, -0.2) is 10.1 Å². The summed E-state index contributed by atoms with van der Waals surface area (Å²) in [5, 5.41) is 13.0. The van der Waals surface area contributed by atoms with Gasteiger partial charge in [-0.1, -0.05) is 44.0 Å². The van der Waals surface area contributed by atoms with Gasteiger partial charge in [-0.05, 0) is 30.1 Å². The van der Waals surface area contributed by atoms with Crippen LogP contribution in [0.25, 0.3) is 10.8 Å². The second kappa shape index (κ2) is 5.30. The maximum absolute atomic E-state index is 10.7. The van der Waals surface area contributed by atoms with Crippen LogP contribution in [0.4, 0.5) is 0 Å². The van der Waals surface area contributed by atoms with Gasteiger partial charge in [-0.25, -0.2) is 0 Å². The molecule has 2 nitrogen and oxygen atoms in total. The van der Waals surface area contributed by atoms with Crippen molar-refractivity contribution >= 4 is 10.8 Å². The van der Waals surface area contributed by atoms with Gasteiger partial charge in [0.1, 0.15) is 0 Å². The first-order chi connectivity index (χ1) is 9.25. The van der Waals surface area contributed by atoms with E-state index in [2.05, 4.69) is 24.0 Å². The van der Waals surface area contributed by atoms with Gasteiger partial charge in [0.2, 0.25) is 0 Å². The van der Waals surface area contributed by atoms with E-state index in [4.69, 9.17) is 0 Å². The smallest absolute Gasteiger partial charge is 0.0839 e. The minimum absolute atomic E-state index is 0.374. The molecule has 0 spiro atoms.